The fourth-order valence-corrected chi connectivity index (χ4v) is 2.93. The Morgan fingerprint density at radius 2 is 1.79 bits per heavy atom. The molecule has 19 heavy (non-hydrogen) atoms. The smallest absolute Gasteiger partial charge is 0.123 e. The molecule has 2 aromatic rings. The first-order chi connectivity index (χ1) is 9.06. The van der Waals surface area contributed by atoms with Crippen LogP contribution in [0.1, 0.15) is 22.7 Å². The molecule has 0 saturated heterocycles. The van der Waals surface area contributed by atoms with Gasteiger partial charge in [-0.1, -0.05) is 23.8 Å². The molecule has 0 aromatic heterocycles. The molecule has 0 amide bonds. The van der Waals surface area contributed by atoms with Gasteiger partial charge in [0.25, 0.3) is 0 Å². The molecule has 0 aliphatic carbocycles. The van der Waals surface area contributed by atoms with E-state index in [0.29, 0.717) is 0 Å². The maximum Gasteiger partial charge on any atom is 0.123 e. The van der Waals surface area contributed by atoms with Crippen molar-refractivity contribution >= 4 is 11.8 Å². The van der Waals surface area contributed by atoms with Crippen LogP contribution in [0.3, 0.4) is 0 Å². The normalized spacial score (nSPS) is 12.4. The Labute approximate surface area is 118 Å². The largest absolute Gasteiger partial charge is 0.323 e. The summed E-state index contributed by atoms with van der Waals surface area (Å²) >= 11 is 1.65. The van der Waals surface area contributed by atoms with Gasteiger partial charge in [0.05, 0.1) is 0 Å². The molecule has 0 spiro atoms. The van der Waals surface area contributed by atoms with Crippen LogP contribution in [0.2, 0.25) is 0 Å². The highest BCUT2D eigenvalue weighted by Gasteiger charge is 2.09. The van der Waals surface area contributed by atoms with E-state index in [-0.39, 0.29) is 11.9 Å². The summed E-state index contributed by atoms with van der Waals surface area (Å²) in [4.78, 5) is 1.04. The highest BCUT2D eigenvalue weighted by atomic mass is 32.2. The summed E-state index contributed by atoms with van der Waals surface area (Å²) in [6, 6.07) is 12.9. The third kappa shape index (κ3) is 3.82. The molecular weight excluding hydrogens is 257 g/mol. The van der Waals surface area contributed by atoms with Crippen LogP contribution in [0.25, 0.3) is 0 Å². The Bertz CT molecular complexity index is 551. The lowest BCUT2D eigenvalue weighted by Crippen LogP contribution is -2.14. The molecule has 0 aliphatic rings. The highest BCUT2D eigenvalue weighted by molar-refractivity contribution is 7.99. The van der Waals surface area contributed by atoms with Crippen molar-refractivity contribution in [2.75, 3.05) is 5.75 Å². The van der Waals surface area contributed by atoms with Crippen LogP contribution in [0.5, 0.6) is 0 Å². The van der Waals surface area contributed by atoms with Crippen molar-refractivity contribution in [3.8, 4) is 0 Å². The highest BCUT2D eigenvalue weighted by Crippen LogP contribution is 2.25. The number of hydrogen-bond acceptors (Lipinski definition) is 2. The number of benzene rings is 2. The molecule has 2 rings (SSSR count). The van der Waals surface area contributed by atoms with Crippen LogP contribution in [0, 0.1) is 19.7 Å². The molecule has 0 aliphatic heterocycles. The van der Waals surface area contributed by atoms with E-state index < -0.39 is 0 Å². The molecule has 1 unspecified atom stereocenters. The lowest BCUT2D eigenvalue weighted by atomic mass is 10.0. The van der Waals surface area contributed by atoms with Gasteiger partial charge >= 0.3 is 0 Å². The molecule has 2 aromatic carbocycles. The maximum absolute atomic E-state index is 12.8. The molecule has 0 bridgehead atoms. The Hall–Kier alpha value is -1.32. The van der Waals surface area contributed by atoms with Gasteiger partial charge in [0.2, 0.25) is 0 Å². The molecule has 1 atom stereocenters. The summed E-state index contributed by atoms with van der Waals surface area (Å²) in [5.74, 6) is 0.582. The number of aryl methyl sites for hydroxylation is 2. The van der Waals surface area contributed by atoms with Gasteiger partial charge in [-0.15, -0.1) is 11.8 Å². The fourth-order valence-electron chi connectivity index (χ4n) is 2.05. The van der Waals surface area contributed by atoms with Gasteiger partial charge in [0.15, 0.2) is 0 Å². The van der Waals surface area contributed by atoms with Crippen molar-refractivity contribution in [1.82, 2.24) is 0 Å². The lowest BCUT2D eigenvalue weighted by molar-refractivity contribution is 0.626. The van der Waals surface area contributed by atoms with E-state index in [1.165, 1.54) is 28.8 Å². The predicted molar refractivity (Wildman–Crippen MR) is 80.0 cm³/mol. The fraction of sp³-hybridized carbons (Fsp3) is 0.250. The molecule has 0 fully saturated rings. The van der Waals surface area contributed by atoms with Gasteiger partial charge in [0.1, 0.15) is 5.82 Å². The van der Waals surface area contributed by atoms with Crippen molar-refractivity contribution < 1.29 is 4.39 Å². The van der Waals surface area contributed by atoms with Gasteiger partial charge in [-0.2, -0.15) is 0 Å². The van der Waals surface area contributed by atoms with Crippen molar-refractivity contribution in [1.29, 1.82) is 0 Å². The maximum atomic E-state index is 12.8. The second-order valence-electron chi connectivity index (χ2n) is 4.73. The average molecular weight is 275 g/mol. The zero-order chi connectivity index (χ0) is 13.8. The van der Waals surface area contributed by atoms with Crippen LogP contribution >= 0.6 is 11.8 Å². The molecular formula is C16H18FNS. The van der Waals surface area contributed by atoms with E-state index in [9.17, 15) is 4.39 Å². The molecule has 0 heterocycles. The molecule has 3 heteroatoms. The third-order valence-corrected chi connectivity index (χ3v) is 4.20. The van der Waals surface area contributed by atoms with Crippen molar-refractivity contribution in [3.63, 3.8) is 0 Å². The van der Waals surface area contributed by atoms with Crippen LogP contribution < -0.4 is 5.73 Å². The first-order valence-corrected chi connectivity index (χ1v) is 7.26. The van der Waals surface area contributed by atoms with Gasteiger partial charge in [-0.25, -0.2) is 4.39 Å². The van der Waals surface area contributed by atoms with Crippen molar-refractivity contribution in [2.24, 2.45) is 5.73 Å². The van der Waals surface area contributed by atoms with Crippen LogP contribution in [-0.2, 0) is 0 Å². The first-order valence-electron chi connectivity index (χ1n) is 6.27. The Balaban J connectivity index is 2.01. The quantitative estimate of drug-likeness (QED) is 0.845. The SMILES string of the molecule is Cc1ccc(C(N)CSc2ccc(F)cc2)c(C)c1. The number of nitrogens with two attached hydrogens (primary N) is 1. The third-order valence-electron chi connectivity index (χ3n) is 3.07. The molecule has 2 N–H and O–H groups in total. The minimum atomic E-state index is -0.206. The number of hydrogen-bond donors (Lipinski definition) is 1. The van der Waals surface area contributed by atoms with Gasteiger partial charge in [-0.3, -0.25) is 0 Å². The summed E-state index contributed by atoms with van der Waals surface area (Å²) in [6.07, 6.45) is 0. The summed E-state index contributed by atoms with van der Waals surface area (Å²) in [5.41, 5.74) is 9.89. The minimum absolute atomic E-state index is 0.00402. The lowest BCUT2D eigenvalue weighted by Gasteiger charge is -2.15. The zero-order valence-electron chi connectivity index (χ0n) is 11.2. The van der Waals surface area contributed by atoms with E-state index in [0.717, 1.165) is 10.6 Å². The van der Waals surface area contributed by atoms with E-state index >= 15 is 0 Å². The Kier molecular flexibility index (Phi) is 4.61. The summed E-state index contributed by atoms with van der Waals surface area (Å²) < 4.78 is 12.8. The van der Waals surface area contributed by atoms with Crippen LogP contribution in [0.15, 0.2) is 47.4 Å². The standard InChI is InChI=1S/C16H18FNS/c1-11-3-8-15(12(2)9-11)16(18)10-19-14-6-4-13(17)5-7-14/h3-9,16H,10,18H2,1-2H3. The Morgan fingerprint density at radius 3 is 2.42 bits per heavy atom. The van der Waals surface area contributed by atoms with Crippen LogP contribution in [0.4, 0.5) is 4.39 Å². The van der Waals surface area contributed by atoms with Crippen molar-refractivity contribution in [2.45, 2.75) is 24.8 Å². The predicted octanol–water partition coefficient (Wildman–Crippen LogP) is 4.23. The van der Waals surface area contributed by atoms with Gasteiger partial charge in [-0.05, 0) is 49.2 Å². The Morgan fingerprint density at radius 1 is 1.11 bits per heavy atom. The zero-order valence-corrected chi connectivity index (χ0v) is 12.0. The van der Waals surface area contributed by atoms with E-state index in [1.54, 1.807) is 23.9 Å². The van der Waals surface area contributed by atoms with E-state index in [4.69, 9.17) is 5.73 Å². The van der Waals surface area contributed by atoms with Crippen LogP contribution in [-0.4, -0.2) is 5.75 Å². The van der Waals surface area contributed by atoms with E-state index in [2.05, 4.69) is 32.0 Å². The van der Waals surface area contributed by atoms with Crippen molar-refractivity contribution in [3.05, 3.63) is 65.0 Å². The summed E-state index contributed by atoms with van der Waals surface area (Å²) in [6.45, 7) is 4.17. The molecule has 1 nitrogen and oxygen atoms in total. The van der Waals surface area contributed by atoms with Gasteiger partial charge < -0.3 is 5.73 Å². The minimum Gasteiger partial charge on any atom is -0.323 e. The second-order valence-corrected chi connectivity index (χ2v) is 5.82. The topological polar surface area (TPSA) is 26.0 Å². The monoisotopic (exact) mass is 275 g/mol. The molecule has 0 radical (unpaired) electrons. The van der Waals surface area contributed by atoms with E-state index in [1.807, 2.05) is 0 Å². The summed E-state index contributed by atoms with van der Waals surface area (Å²) in [5, 5.41) is 0. The average Bonchev–Trinajstić information content (AvgIpc) is 2.37. The first kappa shape index (κ1) is 14.1. The number of thioether (sulfide) groups is 1. The molecule has 100 valence electrons. The van der Waals surface area contributed by atoms with Gasteiger partial charge in [0, 0.05) is 16.7 Å². The number of rotatable bonds is 4. The molecule has 0 saturated carbocycles. The number of halogens is 1. The summed E-state index contributed by atoms with van der Waals surface area (Å²) in [7, 11) is 0. The second kappa shape index (κ2) is 6.22.